The van der Waals surface area contributed by atoms with Gasteiger partial charge in [-0.05, 0) is 36.4 Å². The molecule has 0 spiro atoms. The molecule has 3 N–H and O–H groups in total. The van der Waals surface area contributed by atoms with Crippen LogP contribution in [0.4, 0.5) is 10.1 Å². The molecule has 0 saturated carbocycles. The molecule has 7 nitrogen and oxygen atoms in total. The number of anilines is 1. The summed E-state index contributed by atoms with van der Waals surface area (Å²) in [6.07, 6.45) is 0. The number of piperazine rings is 1. The molecule has 2 aromatic heterocycles. The van der Waals surface area contributed by atoms with Gasteiger partial charge in [-0.2, -0.15) is 5.10 Å². The second-order valence-corrected chi connectivity index (χ2v) is 7.10. The molecule has 0 aliphatic carbocycles. The molecule has 0 amide bonds. The Balaban J connectivity index is 1.45. The van der Waals surface area contributed by atoms with Gasteiger partial charge in [-0.25, -0.2) is 9.37 Å². The maximum Gasteiger partial charge on any atom is 0.159 e. The molecule has 1 aliphatic rings. The van der Waals surface area contributed by atoms with Gasteiger partial charge in [0.1, 0.15) is 11.5 Å². The lowest BCUT2D eigenvalue weighted by Crippen LogP contribution is -2.47. The Morgan fingerprint density at radius 2 is 1.89 bits per heavy atom. The van der Waals surface area contributed by atoms with E-state index in [-0.39, 0.29) is 12.4 Å². The van der Waals surface area contributed by atoms with Crippen molar-refractivity contribution >= 4 is 27.6 Å². The first-order valence-electron chi connectivity index (χ1n) is 9.43. The Kier molecular flexibility index (Phi) is 4.22. The largest absolute Gasteiger partial charge is 0.395 e. The van der Waals surface area contributed by atoms with Crippen molar-refractivity contribution in [2.24, 2.45) is 0 Å². The fourth-order valence-electron chi connectivity index (χ4n) is 3.84. The van der Waals surface area contributed by atoms with Crippen molar-refractivity contribution in [3.63, 3.8) is 0 Å². The minimum absolute atomic E-state index is 0.203. The molecule has 4 aromatic rings. The molecule has 8 heteroatoms. The minimum Gasteiger partial charge on any atom is -0.395 e. The normalized spacial score (nSPS) is 15.7. The number of nitrogens with one attached hydrogen (secondary N) is 2. The van der Waals surface area contributed by atoms with Gasteiger partial charge in [-0.1, -0.05) is 0 Å². The number of aromatic nitrogens is 4. The molecule has 1 saturated heterocycles. The van der Waals surface area contributed by atoms with Gasteiger partial charge in [-0.3, -0.25) is 10.00 Å². The van der Waals surface area contributed by atoms with Gasteiger partial charge >= 0.3 is 0 Å². The van der Waals surface area contributed by atoms with Crippen molar-refractivity contribution in [3.8, 4) is 11.5 Å². The Morgan fingerprint density at radius 1 is 1.04 bits per heavy atom. The first-order valence-corrected chi connectivity index (χ1v) is 9.43. The van der Waals surface area contributed by atoms with E-state index in [2.05, 4.69) is 42.1 Å². The van der Waals surface area contributed by atoms with E-state index in [1.807, 2.05) is 6.07 Å². The molecule has 0 bridgehead atoms. The van der Waals surface area contributed by atoms with E-state index in [1.165, 1.54) is 12.1 Å². The summed E-state index contributed by atoms with van der Waals surface area (Å²) in [5.74, 6) is 0.325. The van der Waals surface area contributed by atoms with Gasteiger partial charge < -0.3 is 15.0 Å². The van der Waals surface area contributed by atoms with Crippen LogP contribution in [0.15, 0.2) is 36.4 Å². The van der Waals surface area contributed by atoms with Crippen molar-refractivity contribution in [3.05, 3.63) is 42.2 Å². The fourth-order valence-corrected chi connectivity index (χ4v) is 3.84. The van der Waals surface area contributed by atoms with Crippen molar-refractivity contribution in [1.82, 2.24) is 25.1 Å². The van der Waals surface area contributed by atoms with Crippen molar-refractivity contribution in [2.45, 2.75) is 0 Å². The Morgan fingerprint density at radius 3 is 2.71 bits per heavy atom. The highest BCUT2D eigenvalue weighted by atomic mass is 19.1. The zero-order valence-corrected chi connectivity index (χ0v) is 15.3. The molecule has 1 fully saturated rings. The molecular weight excluding hydrogens is 359 g/mol. The van der Waals surface area contributed by atoms with E-state index in [4.69, 9.17) is 5.11 Å². The SMILES string of the molecule is OCCN1CCN(c2ccc3nc(-c4n[nH]c5ccc(F)cc45)[nH]c3c2)CC1. The summed E-state index contributed by atoms with van der Waals surface area (Å²) in [4.78, 5) is 12.6. The molecular formula is C20H21FN6O. The van der Waals surface area contributed by atoms with Crippen molar-refractivity contribution < 1.29 is 9.50 Å². The number of aliphatic hydroxyl groups excluding tert-OH is 1. The summed E-state index contributed by atoms with van der Waals surface area (Å²) in [7, 11) is 0. The number of rotatable bonds is 4. The van der Waals surface area contributed by atoms with Gasteiger partial charge in [-0.15, -0.1) is 0 Å². The standard InChI is InChI=1S/C20H21FN6O/c21-13-1-3-16-15(11-13)19(25-24-16)20-22-17-4-2-14(12-18(17)23-20)27-7-5-26(6-8-27)9-10-28/h1-4,11-12,28H,5-10H2,(H,22,23)(H,24,25). The molecule has 1 aliphatic heterocycles. The molecule has 28 heavy (non-hydrogen) atoms. The van der Waals surface area contributed by atoms with E-state index < -0.39 is 0 Å². The van der Waals surface area contributed by atoms with Gasteiger partial charge in [0.05, 0.1) is 23.2 Å². The highest BCUT2D eigenvalue weighted by molar-refractivity contribution is 5.93. The number of fused-ring (bicyclic) bond motifs is 2. The van der Waals surface area contributed by atoms with Gasteiger partial charge in [0.2, 0.25) is 0 Å². The second kappa shape index (κ2) is 6.88. The maximum atomic E-state index is 13.7. The third-order valence-electron chi connectivity index (χ3n) is 5.37. The summed E-state index contributed by atoms with van der Waals surface area (Å²) < 4.78 is 13.7. The number of benzene rings is 2. The maximum absolute atomic E-state index is 13.7. The van der Waals surface area contributed by atoms with Crippen LogP contribution >= 0.6 is 0 Å². The van der Waals surface area contributed by atoms with Crippen LogP contribution in [0, 0.1) is 5.82 Å². The highest BCUT2D eigenvalue weighted by Crippen LogP contribution is 2.28. The lowest BCUT2D eigenvalue weighted by molar-refractivity contribution is 0.189. The zero-order valence-electron chi connectivity index (χ0n) is 15.3. The van der Waals surface area contributed by atoms with E-state index >= 15 is 0 Å². The van der Waals surface area contributed by atoms with Crippen LogP contribution < -0.4 is 4.90 Å². The first kappa shape index (κ1) is 17.2. The number of H-pyrrole nitrogens is 2. The Bertz CT molecular complexity index is 1130. The summed E-state index contributed by atoms with van der Waals surface area (Å²) in [6.45, 7) is 4.67. The van der Waals surface area contributed by atoms with Crippen LogP contribution in [-0.4, -0.2) is 69.5 Å². The number of aromatic amines is 2. The molecule has 3 heterocycles. The predicted octanol–water partition coefficient (Wildman–Crippen LogP) is 2.36. The average molecular weight is 380 g/mol. The van der Waals surface area contributed by atoms with Crippen molar-refractivity contribution in [2.75, 3.05) is 44.2 Å². The third kappa shape index (κ3) is 3.00. The summed E-state index contributed by atoms with van der Waals surface area (Å²) in [6, 6.07) is 10.7. The number of hydrogen-bond donors (Lipinski definition) is 3. The van der Waals surface area contributed by atoms with Gasteiger partial charge in [0.15, 0.2) is 5.82 Å². The number of hydrogen-bond acceptors (Lipinski definition) is 5. The zero-order chi connectivity index (χ0) is 19.1. The monoisotopic (exact) mass is 380 g/mol. The predicted molar refractivity (Wildman–Crippen MR) is 107 cm³/mol. The number of nitrogens with zero attached hydrogens (tertiary/aromatic N) is 4. The Labute approximate surface area is 160 Å². The minimum atomic E-state index is -0.297. The van der Waals surface area contributed by atoms with Crippen LogP contribution in [0.1, 0.15) is 0 Å². The molecule has 2 aromatic carbocycles. The third-order valence-corrected chi connectivity index (χ3v) is 5.37. The number of imidazole rings is 1. The van der Waals surface area contributed by atoms with Crippen molar-refractivity contribution in [1.29, 1.82) is 0 Å². The second-order valence-electron chi connectivity index (χ2n) is 7.10. The van der Waals surface area contributed by atoms with Crippen LogP contribution in [0.25, 0.3) is 33.5 Å². The molecule has 144 valence electrons. The summed E-state index contributed by atoms with van der Waals surface area (Å²) >= 11 is 0. The van der Waals surface area contributed by atoms with Crippen LogP contribution in [0.3, 0.4) is 0 Å². The quantitative estimate of drug-likeness (QED) is 0.506. The van der Waals surface area contributed by atoms with Crippen LogP contribution in [0.2, 0.25) is 0 Å². The fraction of sp³-hybridized carbons (Fsp3) is 0.300. The number of β-amino-alcohol motifs (C(OH)–C–C–N with tert-alkyl or cyclic N) is 1. The molecule has 0 unspecified atom stereocenters. The van der Waals surface area contributed by atoms with E-state index in [9.17, 15) is 4.39 Å². The highest BCUT2D eigenvalue weighted by Gasteiger charge is 2.18. The molecule has 5 rings (SSSR count). The van der Waals surface area contributed by atoms with Gasteiger partial charge in [0.25, 0.3) is 0 Å². The van der Waals surface area contributed by atoms with E-state index in [0.29, 0.717) is 16.9 Å². The smallest absolute Gasteiger partial charge is 0.159 e. The lowest BCUT2D eigenvalue weighted by Gasteiger charge is -2.35. The topological polar surface area (TPSA) is 84.1 Å². The molecule has 0 radical (unpaired) electrons. The van der Waals surface area contributed by atoms with Crippen LogP contribution in [-0.2, 0) is 0 Å². The summed E-state index contributed by atoms with van der Waals surface area (Å²) in [5.41, 5.74) is 4.32. The van der Waals surface area contributed by atoms with E-state index in [1.54, 1.807) is 6.07 Å². The molecule has 0 atom stereocenters. The Hall–Kier alpha value is -2.97. The number of halogens is 1. The lowest BCUT2D eigenvalue weighted by atomic mass is 10.2. The number of aliphatic hydroxyl groups is 1. The summed E-state index contributed by atoms with van der Waals surface area (Å²) in [5, 5.41) is 17.0. The van der Waals surface area contributed by atoms with Gasteiger partial charge in [0, 0.05) is 43.8 Å². The van der Waals surface area contributed by atoms with E-state index in [0.717, 1.165) is 55.0 Å². The average Bonchev–Trinajstić information content (AvgIpc) is 3.31. The van der Waals surface area contributed by atoms with Crippen LogP contribution in [0.5, 0.6) is 0 Å². The first-order chi connectivity index (χ1) is 13.7.